The van der Waals surface area contributed by atoms with Crippen molar-refractivity contribution in [3.63, 3.8) is 0 Å². The van der Waals surface area contributed by atoms with Gasteiger partial charge in [0.1, 0.15) is 0 Å². The van der Waals surface area contributed by atoms with Gasteiger partial charge in [-0.2, -0.15) is 0 Å². The number of carbonyl (C=O) groups is 1. The first-order chi connectivity index (χ1) is 9.65. The first-order valence-electron chi connectivity index (χ1n) is 7.42. The zero-order valence-electron chi connectivity index (χ0n) is 11.6. The first-order valence-corrected chi connectivity index (χ1v) is 7.79. The Morgan fingerprint density at radius 2 is 2.10 bits per heavy atom. The van der Waals surface area contributed by atoms with Gasteiger partial charge in [-0.25, -0.2) is 0 Å². The molecule has 0 aromatic heterocycles. The number of nitrogens with two attached hydrogens (primary N) is 1. The number of likely N-dealkylation sites (tertiary alicyclic amines) is 1. The summed E-state index contributed by atoms with van der Waals surface area (Å²) in [4.78, 5) is 14.4. The van der Waals surface area contributed by atoms with Crippen LogP contribution in [0.4, 0.5) is 0 Å². The molecule has 2 N–H and O–H groups in total. The van der Waals surface area contributed by atoms with Gasteiger partial charge in [-0.3, -0.25) is 4.79 Å². The lowest BCUT2D eigenvalue weighted by Crippen LogP contribution is -2.38. The standard InChI is InChI=1S/C16H21ClN2O/c17-14-6-2-1-4-11(14)8-16(20)19-9-12-5-3-7-15(18)13(12)10-19/h1-2,4,6,12-13,15H,3,5,7-10,18H2. The fraction of sp³-hybridized carbons (Fsp3) is 0.562. The van der Waals surface area contributed by atoms with E-state index in [2.05, 4.69) is 0 Å². The number of halogens is 1. The second-order valence-corrected chi connectivity index (χ2v) is 6.49. The number of hydrogen-bond donors (Lipinski definition) is 1. The van der Waals surface area contributed by atoms with Crippen LogP contribution in [-0.4, -0.2) is 29.9 Å². The molecule has 0 radical (unpaired) electrons. The summed E-state index contributed by atoms with van der Waals surface area (Å²) in [5.74, 6) is 1.28. The van der Waals surface area contributed by atoms with E-state index in [0.29, 0.717) is 23.3 Å². The van der Waals surface area contributed by atoms with Crippen molar-refractivity contribution in [2.24, 2.45) is 17.6 Å². The van der Waals surface area contributed by atoms with Crippen molar-refractivity contribution >= 4 is 17.5 Å². The molecule has 1 saturated carbocycles. The number of benzene rings is 1. The predicted octanol–water partition coefficient (Wildman–Crippen LogP) is 2.47. The molecule has 0 bridgehead atoms. The summed E-state index contributed by atoms with van der Waals surface area (Å²) < 4.78 is 0. The van der Waals surface area contributed by atoms with Crippen molar-refractivity contribution in [2.45, 2.75) is 31.7 Å². The highest BCUT2D eigenvalue weighted by Crippen LogP contribution is 2.35. The maximum absolute atomic E-state index is 12.4. The van der Waals surface area contributed by atoms with E-state index < -0.39 is 0 Å². The number of nitrogens with zero attached hydrogens (tertiary/aromatic N) is 1. The van der Waals surface area contributed by atoms with Crippen molar-refractivity contribution in [3.8, 4) is 0 Å². The van der Waals surface area contributed by atoms with Crippen molar-refractivity contribution < 1.29 is 4.79 Å². The third-order valence-corrected chi connectivity index (χ3v) is 5.17. The number of carbonyl (C=O) groups excluding carboxylic acids is 1. The molecule has 1 amide bonds. The Kier molecular flexibility index (Phi) is 3.99. The summed E-state index contributed by atoms with van der Waals surface area (Å²) in [6.07, 6.45) is 3.92. The van der Waals surface area contributed by atoms with Crippen LogP contribution in [0.15, 0.2) is 24.3 Å². The van der Waals surface area contributed by atoms with Crippen LogP contribution < -0.4 is 5.73 Å². The van der Waals surface area contributed by atoms with Crippen molar-refractivity contribution in [1.29, 1.82) is 0 Å². The third kappa shape index (κ3) is 2.70. The lowest BCUT2D eigenvalue weighted by atomic mass is 9.78. The Morgan fingerprint density at radius 1 is 1.30 bits per heavy atom. The van der Waals surface area contributed by atoms with E-state index >= 15 is 0 Å². The van der Waals surface area contributed by atoms with Crippen LogP contribution in [0, 0.1) is 11.8 Å². The fourth-order valence-electron chi connectivity index (χ4n) is 3.64. The van der Waals surface area contributed by atoms with E-state index in [1.54, 1.807) is 0 Å². The van der Waals surface area contributed by atoms with Crippen LogP contribution in [0.2, 0.25) is 5.02 Å². The second-order valence-electron chi connectivity index (χ2n) is 6.09. The molecule has 3 nitrogen and oxygen atoms in total. The highest BCUT2D eigenvalue weighted by Gasteiger charge is 2.40. The molecule has 1 aromatic rings. The van der Waals surface area contributed by atoms with E-state index in [-0.39, 0.29) is 11.9 Å². The minimum Gasteiger partial charge on any atom is -0.342 e. The summed E-state index contributed by atoms with van der Waals surface area (Å²) in [5.41, 5.74) is 7.12. The molecular formula is C16H21ClN2O. The zero-order chi connectivity index (χ0) is 14.1. The lowest BCUT2D eigenvalue weighted by molar-refractivity contribution is -0.129. The molecule has 0 spiro atoms. The molecule has 1 saturated heterocycles. The average molecular weight is 293 g/mol. The average Bonchev–Trinajstić information content (AvgIpc) is 2.87. The van der Waals surface area contributed by atoms with Gasteiger partial charge in [0.15, 0.2) is 0 Å². The molecule has 20 heavy (non-hydrogen) atoms. The van der Waals surface area contributed by atoms with Crippen molar-refractivity contribution in [3.05, 3.63) is 34.9 Å². The largest absolute Gasteiger partial charge is 0.342 e. The van der Waals surface area contributed by atoms with Crippen LogP contribution >= 0.6 is 11.6 Å². The monoisotopic (exact) mass is 292 g/mol. The molecule has 3 rings (SSSR count). The molecule has 2 fully saturated rings. The quantitative estimate of drug-likeness (QED) is 0.910. The molecular weight excluding hydrogens is 272 g/mol. The van der Waals surface area contributed by atoms with E-state index in [4.69, 9.17) is 17.3 Å². The zero-order valence-corrected chi connectivity index (χ0v) is 12.4. The van der Waals surface area contributed by atoms with Gasteiger partial charge < -0.3 is 10.6 Å². The summed E-state index contributed by atoms with van der Waals surface area (Å²) in [7, 11) is 0. The molecule has 1 heterocycles. The minimum absolute atomic E-state index is 0.180. The molecule has 2 aliphatic rings. The smallest absolute Gasteiger partial charge is 0.227 e. The highest BCUT2D eigenvalue weighted by molar-refractivity contribution is 6.31. The Labute approximate surface area is 125 Å². The van der Waals surface area contributed by atoms with Crippen molar-refractivity contribution in [1.82, 2.24) is 4.90 Å². The van der Waals surface area contributed by atoms with Crippen LogP contribution in [-0.2, 0) is 11.2 Å². The topological polar surface area (TPSA) is 46.3 Å². The van der Waals surface area contributed by atoms with Gasteiger partial charge in [-0.05, 0) is 36.3 Å². The SMILES string of the molecule is NC1CCCC2CN(C(=O)Cc3ccccc3Cl)CC12. The number of rotatable bonds is 2. The Bertz CT molecular complexity index is 505. The molecule has 4 heteroatoms. The van der Waals surface area contributed by atoms with Gasteiger partial charge in [0.25, 0.3) is 0 Å². The Hall–Kier alpha value is -1.06. The van der Waals surface area contributed by atoms with Gasteiger partial charge >= 0.3 is 0 Å². The van der Waals surface area contributed by atoms with Crippen LogP contribution in [0.3, 0.4) is 0 Å². The molecule has 1 aliphatic heterocycles. The van der Waals surface area contributed by atoms with E-state index in [0.717, 1.165) is 25.1 Å². The van der Waals surface area contributed by atoms with E-state index in [1.807, 2.05) is 29.2 Å². The summed E-state index contributed by atoms with van der Waals surface area (Å²) in [5, 5.41) is 0.675. The van der Waals surface area contributed by atoms with Crippen molar-refractivity contribution in [2.75, 3.05) is 13.1 Å². The molecule has 3 unspecified atom stereocenters. The fourth-order valence-corrected chi connectivity index (χ4v) is 3.84. The highest BCUT2D eigenvalue weighted by atomic mass is 35.5. The van der Waals surface area contributed by atoms with E-state index in [9.17, 15) is 4.79 Å². The van der Waals surface area contributed by atoms with Crippen LogP contribution in [0.1, 0.15) is 24.8 Å². The van der Waals surface area contributed by atoms with E-state index in [1.165, 1.54) is 12.8 Å². The number of amides is 1. The Morgan fingerprint density at radius 3 is 2.85 bits per heavy atom. The van der Waals surface area contributed by atoms with Gasteiger partial charge in [0.05, 0.1) is 6.42 Å². The van der Waals surface area contributed by atoms with Gasteiger partial charge in [0.2, 0.25) is 5.91 Å². The van der Waals surface area contributed by atoms with Crippen LogP contribution in [0.25, 0.3) is 0 Å². The summed E-state index contributed by atoms with van der Waals surface area (Å²) in [6.45, 7) is 1.71. The minimum atomic E-state index is 0.180. The third-order valence-electron chi connectivity index (χ3n) is 4.81. The van der Waals surface area contributed by atoms with Gasteiger partial charge in [-0.1, -0.05) is 36.2 Å². The van der Waals surface area contributed by atoms with Crippen LogP contribution in [0.5, 0.6) is 0 Å². The predicted molar refractivity (Wildman–Crippen MR) is 80.5 cm³/mol. The summed E-state index contributed by atoms with van der Waals surface area (Å²) >= 11 is 6.13. The summed E-state index contributed by atoms with van der Waals surface area (Å²) in [6, 6.07) is 7.85. The molecule has 3 atom stereocenters. The first kappa shape index (κ1) is 13.9. The molecule has 1 aromatic carbocycles. The Balaban J connectivity index is 1.66. The van der Waals surface area contributed by atoms with Gasteiger partial charge in [-0.15, -0.1) is 0 Å². The second kappa shape index (κ2) is 5.74. The molecule has 108 valence electrons. The maximum Gasteiger partial charge on any atom is 0.227 e. The normalized spacial score (nSPS) is 29.3. The lowest BCUT2D eigenvalue weighted by Gasteiger charge is -2.29. The molecule has 1 aliphatic carbocycles. The number of hydrogen-bond acceptors (Lipinski definition) is 2. The van der Waals surface area contributed by atoms with Gasteiger partial charge in [0, 0.05) is 24.2 Å². The maximum atomic E-state index is 12.4. The number of fused-ring (bicyclic) bond motifs is 1.